The van der Waals surface area contributed by atoms with Crippen molar-refractivity contribution in [2.75, 3.05) is 0 Å². The fourth-order valence-electron chi connectivity index (χ4n) is 2.31. The number of aliphatic carboxylic acids is 1. The number of rotatable bonds is 3. The summed E-state index contributed by atoms with van der Waals surface area (Å²) in [6.45, 7) is 0. The number of carboxylic acid groups (broad SMARTS) is 1. The highest BCUT2D eigenvalue weighted by Crippen LogP contribution is 2.26. The van der Waals surface area contributed by atoms with Gasteiger partial charge in [0, 0.05) is 9.61 Å². The lowest BCUT2D eigenvalue weighted by atomic mass is 10.1. The summed E-state index contributed by atoms with van der Waals surface area (Å²) in [5.41, 5.74) is 0.0295. The van der Waals surface area contributed by atoms with Gasteiger partial charge in [-0.2, -0.15) is 0 Å². The van der Waals surface area contributed by atoms with Crippen LogP contribution in [-0.2, 0) is 4.79 Å². The molecule has 0 heterocycles. The summed E-state index contributed by atoms with van der Waals surface area (Å²) in [4.78, 5) is 22.9. The number of carbonyl (C=O) groups excluding carboxylic acids is 1. The molecule has 2 N–H and O–H groups in total. The quantitative estimate of drug-likeness (QED) is 0.796. The zero-order valence-corrected chi connectivity index (χ0v) is 12.2. The molecule has 2 rings (SSSR count). The second-order valence-corrected chi connectivity index (χ2v) is 5.78. The largest absolute Gasteiger partial charge is 0.481 e. The minimum absolute atomic E-state index is 0.0295. The predicted molar refractivity (Wildman–Crippen MR) is 75.3 cm³/mol. The number of hydrogen-bond acceptors (Lipinski definition) is 2. The maximum Gasteiger partial charge on any atom is 0.306 e. The van der Waals surface area contributed by atoms with Crippen molar-refractivity contribution in [1.29, 1.82) is 0 Å². The number of benzene rings is 1. The number of hydrogen-bond donors (Lipinski definition) is 2. The zero-order valence-electron chi connectivity index (χ0n) is 10.0. The molecule has 0 aliphatic heterocycles. The lowest BCUT2D eigenvalue weighted by Gasteiger charge is -2.13. The summed E-state index contributed by atoms with van der Waals surface area (Å²) >= 11 is 1.91. The molecule has 0 radical (unpaired) electrons. The maximum absolute atomic E-state index is 13.6. The van der Waals surface area contributed by atoms with Gasteiger partial charge < -0.3 is 10.4 Å². The lowest BCUT2D eigenvalue weighted by Crippen LogP contribution is -2.34. The van der Waals surface area contributed by atoms with Gasteiger partial charge in [0.05, 0.1) is 11.5 Å². The van der Waals surface area contributed by atoms with Gasteiger partial charge in [-0.3, -0.25) is 9.59 Å². The molecule has 6 heteroatoms. The summed E-state index contributed by atoms with van der Waals surface area (Å²) in [5, 5.41) is 11.6. The highest BCUT2D eigenvalue weighted by molar-refractivity contribution is 14.1. The first-order chi connectivity index (χ1) is 8.99. The van der Waals surface area contributed by atoms with E-state index in [-0.39, 0.29) is 11.6 Å². The molecule has 1 aromatic carbocycles. The Morgan fingerprint density at radius 1 is 1.37 bits per heavy atom. The van der Waals surface area contributed by atoms with Crippen molar-refractivity contribution in [1.82, 2.24) is 5.32 Å². The van der Waals surface area contributed by atoms with E-state index in [1.165, 1.54) is 6.07 Å². The number of amides is 1. The first kappa shape index (κ1) is 14.2. The van der Waals surface area contributed by atoms with E-state index in [0.29, 0.717) is 22.8 Å². The minimum atomic E-state index is -0.836. The van der Waals surface area contributed by atoms with E-state index in [1.54, 1.807) is 12.1 Å². The fraction of sp³-hybridized carbons (Fsp3) is 0.385. The Hall–Kier alpha value is -1.18. The van der Waals surface area contributed by atoms with Crippen LogP contribution in [0.25, 0.3) is 0 Å². The van der Waals surface area contributed by atoms with Crippen molar-refractivity contribution in [3.8, 4) is 0 Å². The van der Waals surface area contributed by atoms with E-state index in [9.17, 15) is 14.0 Å². The normalized spacial score (nSPS) is 22.2. The smallest absolute Gasteiger partial charge is 0.306 e. The van der Waals surface area contributed by atoms with Crippen LogP contribution in [-0.4, -0.2) is 23.0 Å². The summed E-state index contributed by atoms with van der Waals surface area (Å²) in [6, 6.07) is 4.26. The van der Waals surface area contributed by atoms with Crippen molar-refractivity contribution in [2.24, 2.45) is 5.92 Å². The van der Waals surface area contributed by atoms with Gasteiger partial charge in [-0.25, -0.2) is 4.39 Å². The molecule has 1 aromatic rings. The van der Waals surface area contributed by atoms with Gasteiger partial charge in [-0.15, -0.1) is 0 Å². The van der Waals surface area contributed by atoms with Crippen molar-refractivity contribution in [3.05, 3.63) is 33.1 Å². The van der Waals surface area contributed by atoms with E-state index < -0.39 is 23.6 Å². The number of halogens is 2. The Morgan fingerprint density at radius 3 is 2.68 bits per heavy atom. The van der Waals surface area contributed by atoms with Crippen LogP contribution >= 0.6 is 22.6 Å². The van der Waals surface area contributed by atoms with Gasteiger partial charge in [-0.1, -0.05) is 6.07 Å². The van der Waals surface area contributed by atoms with Crippen LogP contribution in [0.15, 0.2) is 18.2 Å². The molecular weight excluding hydrogens is 364 g/mol. The van der Waals surface area contributed by atoms with Gasteiger partial charge in [0.15, 0.2) is 0 Å². The average Bonchev–Trinajstić information content (AvgIpc) is 2.77. The highest BCUT2D eigenvalue weighted by atomic mass is 127. The Morgan fingerprint density at radius 2 is 2.11 bits per heavy atom. The molecule has 0 bridgehead atoms. The predicted octanol–water partition coefficient (Wildman–Crippen LogP) is 2.41. The van der Waals surface area contributed by atoms with Crippen LogP contribution in [0.2, 0.25) is 0 Å². The molecular formula is C13H13FINO3. The van der Waals surface area contributed by atoms with Crippen molar-refractivity contribution in [2.45, 2.75) is 25.3 Å². The third-order valence-electron chi connectivity index (χ3n) is 3.31. The Labute approximate surface area is 123 Å². The Balaban J connectivity index is 2.05. The molecule has 0 saturated heterocycles. The second-order valence-electron chi connectivity index (χ2n) is 4.62. The molecule has 0 unspecified atom stereocenters. The van der Waals surface area contributed by atoms with E-state index >= 15 is 0 Å². The standard InChI is InChI=1S/C13H13FINO3/c14-9-2-1-3-10(15)11(9)12(17)16-8-5-4-7(6-8)13(18)19/h1-3,7-8H,4-6H2,(H,16,17)(H,18,19)/t7-,8+/m1/s1. The molecule has 1 saturated carbocycles. The van der Waals surface area contributed by atoms with Crippen LogP contribution in [0.1, 0.15) is 29.6 Å². The fourth-order valence-corrected chi connectivity index (χ4v) is 3.02. The van der Waals surface area contributed by atoms with Gasteiger partial charge >= 0.3 is 5.97 Å². The summed E-state index contributed by atoms with van der Waals surface area (Å²) < 4.78 is 14.2. The molecule has 2 atom stereocenters. The first-order valence-corrected chi connectivity index (χ1v) is 7.04. The SMILES string of the molecule is O=C(N[C@H]1CC[C@@H](C(=O)O)C1)c1c(F)cccc1I. The monoisotopic (exact) mass is 377 g/mol. The van der Waals surface area contributed by atoms with E-state index in [4.69, 9.17) is 5.11 Å². The van der Waals surface area contributed by atoms with Gasteiger partial charge in [-0.05, 0) is 54.0 Å². The third-order valence-corrected chi connectivity index (χ3v) is 4.21. The number of nitrogens with one attached hydrogen (secondary N) is 1. The molecule has 102 valence electrons. The Bertz CT molecular complexity index is 500. The topological polar surface area (TPSA) is 66.4 Å². The third kappa shape index (κ3) is 3.23. The van der Waals surface area contributed by atoms with Crippen LogP contribution < -0.4 is 5.32 Å². The second kappa shape index (κ2) is 5.85. The highest BCUT2D eigenvalue weighted by Gasteiger charge is 2.31. The summed E-state index contributed by atoms with van der Waals surface area (Å²) in [5.74, 6) is -2.28. The molecule has 0 aromatic heterocycles. The maximum atomic E-state index is 13.6. The zero-order chi connectivity index (χ0) is 14.0. The minimum Gasteiger partial charge on any atom is -0.481 e. The average molecular weight is 377 g/mol. The van der Waals surface area contributed by atoms with E-state index in [1.807, 2.05) is 22.6 Å². The summed E-state index contributed by atoms with van der Waals surface area (Å²) in [7, 11) is 0. The molecule has 1 fully saturated rings. The van der Waals surface area contributed by atoms with Crippen LogP contribution in [0.3, 0.4) is 0 Å². The van der Waals surface area contributed by atoms with Crippen LogP contribution in [0.4, 0.5) is 4.39 Å². The van der Waals surface area contributed by atoms with Crippen molar-refractivity contribution >= 4 is 34.5 Å². The van der Waals surface area contributed by atoms with E-state index in [0.717, 1.165) is 0 Å². The van der Waals surface area contributed by atoms with Gasteiger partial charge in [0.25, 0.3) is 5.91 Å². The molecule has 1 aliphatic rings. The van der Waals surface area contributed by atoms with Crippen molar-refractivity contribution in [3.63, 3.8) is 0 Å². The van der Waals surface area contributed by atoms with Crippen LogP contribution in [0, 0.1) is 15.3 Å². The number of carbonyl (C=O) groups is 2. The summed E-state index contributed by atoms with van der Waals surface area (Å²) in [6.07, 6.45) is 1.58. The molecule has 0 spiro atoms. The number of carboxylic acids is 1. The van der Waals surface area contributed by atoms with Gasteiger partial charge in [0.1, 0.15) is 5.82 Å². The molecule has 4 nitrogen and oxygen atoms in total. The van der Waals surface area contributed by atoms with Crippen molar-refractivity contribution < 1.29 is 19.1 Å². The molecule has 19 heavy (non-hydrogen) atoms. The van der Waals surface area contributed by atoms with E-state index in [2.05, 4.69) is 5.32 Å². The molecule has 1 amide bonds. The van der Waals surface area contributed by atoms with Crippen LogP contribution in [0.5, 0.6) is 0 Å². The lowest BCUT2D eigenvalue weighted by molar-refractivity contribution is -0.141. The Kier molecular flexibility index (Phi) is 4.38. The molecule has 1 aliphatic carbocycles. The van der Waals surface area contributed by atoms with Gasteiger partial charge in [0.2, 0.25) is 0 Å². The first-order valence-electron chi connectivity index (χ1n) is 5.96.